The number of hydrogen-bond donors (Lipinski definition) is 3. The SMILES string of the molecule is Cc1nc(C(NC(=O)C(=O)Cc2ccc(Cl)c(Cl)c2)C2CCCCN2)sc1CO. The monoisotopic (exact) mass is 455 g/mol. The van der Waals surface area contributed by atoms with Crippen LogP contribution in [0.25, 0.3) is 0 Å². The number of carbonyl (C=O) groups excluding carboxylic acids is 2. The lowest BCUT2D eigenvalue weighted by molar-refractivity contribution is -0.138. The van der Waals surface area contributed by atoms with Gasteiger partial charge in [-0.1, -0.05) is 35.7 Å². The van der Waals surface area contributed by atoms with Crippen molar-refractivity contribution in [3.8, 4) is 0 Å². The van der Waals surface area contributed by atoms with Crippen LogP contribution in [0.15, 0.2) is 18.2 Å². The van der Waals surface area contributed by atoms with Gasteiger partial charge < -0.3 is 15.7 Å². The second-order valence-corrected chi connectivity index (χ2v) is 9.00. The average molecular weight is 456 g/mol. The van der Waals surface area contributed by atoms with E-state index in [4.69, 9.17) is 23.2 Å². The quantitative estimate of drug-likeness (QED) is 0.556. The topological polar surface area (TPSA) is 91.3 Å². The van der Waals surface area contributed by atoms with Crippen LogP contribution >= 0.6 is 34.5 Å². The van der Waals surface area contributed by atoms with Gasteiger partial charge in [-0.25, -0.2) is 4.98 Å². The summed E-state index contributed by atoms with van der Waals surface area (Å²) in [4.78, 5) is 30.5. The van der Waals surface area contributed by atoms with Gasteiger partial charge in [-0.2, -0.15) is 0 Å². The number of benzene rings is 1. The standard InChI is InChI=1S/C20H23Cl2N3O3S/c1-11-17(10-26)29-20(24-11)18(15-4-2-3-7-23-15)25-19(28)16(27)9-12-5-6-13(21)14(22)8-12/h5-6,8,15,18,23,26H,2-4,7,9-10H2,1H3,(H,25,28). The number of rotatable bonds is 7. The summed E-state index contributed by atoms with van der Waals surface area (Å²) >= 11 is 13.3. The molecule has 0 spiro atoms. The van der Waals surface area contributed by atoms with Crippen LogP contribution in [0.3, 0.4) is 0 Å². The summed E-state index contributed by atoms with van der Waals surface area (Å²) < 4.78 is 0. The number of Topliss-reactive ketones (excluding diaryl/α,β-unsaturated/α-hetero) is 1. The lowest BCUT2D eigenvalue weighted by atomic mass is 9.97. The molecule has 1 amide bonds. The van der Waals surface area contributed by atoms with Crippen LogP contribution in [0.5, 0.6) is 0 Å². The number of ketones is 1. The molecular weight excluding hydrogens is 433 g/mol. The third-order valence-electron chi connectivity index (χ3n) is 4.96. The van der Waals surface area contributed by atoms with Crippen molar-refractivity contribution < 1.29 is 14.7 Å². The van der Waals surface area contributed by atoms with Crippen molar-refractivity contribution in [2.75, 3.05) is 6.54 Å². The van der Waals surface area contributed by atoms with Gasteiger partial charge in [-0.15, -0.1) is 11.3 Å². The highest BCUT2D eigenvalue weighted by molar-refractivity contribution is 7.11. The highest BCUT2D eigenvalue weighted by atomic mass is 35.5. The molecule has 2 aromatic rings. The number of halogens is 2. The first-order valence-corrected chi connectivity index (χ1v) is 11.0. The Bertz CT molecular complexity index is 897. The van der Waals surface area contributed by atoms with E-state index in [1.54, 1.807) is 18.2 Å². The minimum atomic E-state index is -0.660. The molecule has 1 fully saturated rings. The second kappa shape index (κ2) is 10.00. The summed E-state index contributed by atoms with van der Waals surface area (Å²) in [7, 11) is 0. The Balaban J connectivity index is 1.75. The number of thiazole rings is 1. The van der Waals surface area contributed by atoms with Crippen molar-refractivity contribution in [1.29, 1.82) is 0 Å². The molecule has 6 nitrogen and oxygen atoms in total. The molecule has 2 atom stereocenters. The van der Waals surface area contributed by atoms with E-state index in [1.807, 2.05) is 6.92 Å². The van der Waals surface area contributed by atoms with Gasteiger partial charge >= 0.3 is 0 Å². The number of aliphatic hydroxyl groups is 1. The van der Waals surface area contributed by atoms with E-state index in [9.17, 15) is 14.7 Å². The van der Waals surface area contributed by atoms with Crippen LogP contribution in [0, 0.1) is 6.92 Å². The van der Waals surface area contributed by atoms with Crippen molar-refractivity contribution in [1.82, 2.24) is 15.6 Å². The van der Waals surface area contributed by atoms with Gasteiger partial charge in [0.1, 0.15) is 5.01 Å². The highest BCUT2D eigenvalue weighted by Crippen LogP contribution is 2.29. The smallest absolute Gasteiger partial charge is 0.288 e. The predicted molar refractivity (Wildman–Crippen MR) is 114 cm³/mol. The van der Waals surface area contributed by atoms with E-state index in [-0.39, 0.29) is 19.1 Å². The number of aromatic nitrogens is 1. The fraction of sp³-hybridized carbons (Fsp3) is 0.450. The Morgan fingerprint density at radius 1 is 1.34 bits per heavy atom. The molecular formula is C20H23Cl2N3O3S. The van der Waals surface area contributed by atoms with Crippen LogP contribution in [0.4, 0.5) is 0 Å². The molecule has 3 rings (SSSR count). The van der Waals surface area contributed by atoms with Crippen LogP contribution in [0.1, 0.15) is 46.4 Å². The molecule has 156 valence electrons. The summed E-state index contributed by atoms with van der Waals surface area (Å²) in [5.74, 6) is -1.22. The molecule has 1 aliphatic heterocycles. The normalized spacial score (nSPS) is 17.7. The molecule has 0 aliphatic carbocycles. The van der Waals surface area contributed by atoms with E-state index in [1.165, 1.54) is 11.3 Å². The molecule has 29 heavy (non-hydrogen) atoms. The second-order valence-electron chi connectivity index (χ2n) is 7.07. The number of hydrogen-bond acceptors (Lipinski definition) is 6. The summed E-state index contributed by atoms with van der Waals surface area (Å²) in [5.41, 5.74) is 1.37. The number of aliphatic hydroxyl groups excluding tert-OH is 1. The van der Waals surface area contributed by atoms with Gasteiger partial charge in [0, 0.05) is 12.5 Å². The zero-order chi connectivity index (χ0) is 21.0. The van der Waals surface area contributed by atoms with Crippen LogP contribution in [-0.4, -0.2) is 34.4 Å². The van der Waals surface area contributed by atoms with Crippen LogP contribution in [0.2, 0.25) is 10.0 Å². The Kier molecular flexibility index (Phi) is 7.65. The molecule has 1 aliphatic rings. The molecule has 1 aromatic carbocycles. The highest BCUT2D eigenvalue weighted by Gasteiger charge is 2.31. The lowest BCUT2D eigenvalue weighted by Crippen LogP contribution is -2.47. The van der Waals surface area contributed by atoms with E-state index in [0.29, 0.717) is 20.6 Å². The Morgan fingerprint density at radius 3 is 2.76 bits per heavy atom. The molecule has 0 bridgehead atoms. The van der Waals surface area contributed by atoms with E-state index < -0.39 is 17.7 Å². The number of nitrogens with zero attached hydrogens (tertiary/aromatic N) is 1. The van der Waals surface area contributed by atoms with Crippen LogP contribution < -0.4 is 10.6 Å². The minimum absolute atomic E-state index is 0.0115. The molecule has 9 heteroatoms. The summed E-state index contributed by atoms with van der Waals surface area (Å²) in [6.45, 7) is 2.58. The number of amides is 1. The maximum atomic E-state index is 12.7. The van der Waals surface area contributed by atoms with Crippen LogP contribution in [-0.2, 0) is 22.6 Å². The zero-order valence-electron chi connectivity index (χ0n) is 16.0. The Morgan fingerprint density at radius 2 is 2.14 bits per heavy atom. The maximum absolute atomic E-state index is 12.7. The third-order valence-corrected chi connectivity index (χ3v) is 6.92. The van der Waals surface area contributed by atoms with Gasteiger partial charge in [-0.05, 0) is 44.0 Å². The van der Waals surface area contributed by atoms with Gasteiger partial charge in [0.15, 0.2) is 0 Å². The summed E-state index contributed by atoms with van der Waals surface area (Å²) in [6.07, 6.45) is 2.93. The fourth-order valence-corrected chi connectivity index (χ4v) is 4.73. The number of nitrogens with one attached hydrogen (secondary N) is 2. The van der Waals surface area contributed by atoms with Crippen molar-refractivity contribution >= 4 is 46.2 Å². The Labute approximate surface area is 183 Å². The van der Waals surface area contributed by atoms with Gasteiger partial charge in [0.2, 0.25) is 5.78 Å². The largest absolute Gasteiger partial charge is 0.391 e. The number of carbonyl (C=O) groups is 2. The molecule has 3 N–H and O–H groups in total. The molecule has 1 aromatic heterocycles. The molecule has 0 radical (unpaired) electrons. The Hall–Kier alpha value is -1.51. The van der Waals surface area contributed by atoms with Gasteiger partial charge in [0.25, 0.3) is 5.91 Å². The van der Waals surface area contributed by atoms with Crippen molar-refractivity contribution in [3.63, 3.8) is 0 Å². The van der Waals surface area contributed by atoms with E-state index in [0.717, 1.165) is 36.4 Å². The van der Waals surface area contributed by atoms with Crippen molar-refractivity contribution in [2.45, 2.75) is 51.3 Å². The van der Waals surface area contributed by atoms with Crippen molar-refractivity contribution in [2.24, 2.45) is 0 Å². The molecule has 0 saturated carbocycles. The first-order valence-electron chi connectivity index (χ1n) is 9.47. The average Bonchev–Trinajstić information content (AvgIpc) is 3.09. The summed E-state index contributed by atoms with van der Waals surface area (Å²) in [5, 5.41) is 17.2. The number of aryl methyl sites for hydroxylation is 1. The summed E-state index contributed by atoms with van der Waals surface area (Å²) in [6, 6.07) is 4.44. The lowest BCUT2D eigenvalue weighted by Gasteiger charge is -2.30. The first kappa shape index (κ1) is 22.2. The minimum Gasteiger partial charge on any atom is -0.391 e. The maximum Gasteiger partial charge on any atom is 0.288 e. The zero-order valence-corrected chi connectivity index (χ0v) is 18.3. The molecule has 1 saturated heterocycles. The molecule has 2 heterocycles. The predicted octanol–water partition coefficient (Wildman–Crippen LogP) is 3.36. The fourth-order valence-electron chi connectivity index (χ4n) is 3.36. The van der Waals surface area contributed by atoms with Gasteiger partial charge in [0.05, 0.1) is 33.3 Å². The van der Waals surface area contributed by atoms with Gasteiger partial charge in [-0.3, -0.25) is 9.59 Å². The number of piperidine rings is 1. The van der Waals surface area contributed by atoms with E-state index in [2.05, 4.69) is 15.6 Å². The third kappa shape index (κ3) is 5.55. The first-order chi connectivity index (χ1) is 13.9. The van der Waals surface area contributed by atoms with Crippen molar-refractivity contribution in [3.05, 3.63) is 49.4 Å². The van der Waals surface area contributed by atoms with E-state index >= 15 is 0 Å². The molecule has 2 unspecified atom stereocenters.